The van der Waals surface area contributed by atoms with Gasteiger partial charge in [-0.15, -0.1) is 0 Å². The maximum atomic E-state index is 13.4. The van der Waals surface area contributed by atoms with Crippen molar-refractivity contribution in [1.82, 2.24) is 0 Å². The quantitative estimate of drug-likeness (QED) is 0.834. The smallest absolute Gasteiger partial charge is 0.181 e. The summed E-state index contributed by atoms with van der Waals surface area (Å²) in [6.45, 7) is 0.318. The van der Waals surface area contributed by atoms with Crippen molar-refractivity contribution in [3.8, 4) is 0 Å². The van der Waals surface area contributed by atoms with E-state index in [2.05, 4.69) is 21.2 Å². The molecule has 2 aromatic carbocycles. The van der Waals surface area contributed by atoms with E-state index in [1.54, 1.807) is 6.07 Å². The zero-order valence-corrected chi connectivity index (χ0v) is 11.5. The fraction of sp³-hybridized carbons (Fsp3) is 0.0769. The predicted molar refractivity (Wildman–Crippen MR) is 72.8 cm³/mol. The van der Waals surface area contributed by atoms with Gasteiger partial charge in [0.05, 0.1) is 5.69 Å². The molecule has 0 heterocycles. The molecular weight excluding hydrogens is 324 g/mol. The van der Waals surface area contributed by atoms with Crippen LogP contribution in [-0.4, -0.2) is 0 Å². The van der Waals surface area contributed by atoms with Crippen LogP contribution in [0.15, 0.2) is 40.9 Å². The lowest BCUT2D eigenvalue weighted by Gasteiger charge is -2.09. The summed E-state index contributed by atoms with van der Waals surface area (Å²) in [5, 5.41) is 3.39. The fourth-order valence-electron chi connectivity index (χ4n) is 1.51. The van der Waals surface area contributed by atoms with Crippen molar-refractivity contribution in [2.24, 2.45) is 0 Å². The van der Waals surface area contributed by atoms with Gasteiger partial charge in [-0.05, 0) is 35.9 Å². The highest BCUT2D eigenvalue weighted by Crippen LogP contribution is 2.23. The molecule has 0 aromatic heterocycles. The van der Waals surface area contributed by atoms with E-state index in [-0.39, 0.29) is 5.69 Å². The highest BCUT2D eigenvalue weighted by Gasteiger charge is 2.08. The average Bonchev–Trinajstić information content (AvgIpc) is 2.35. The zero-order valence-electron chi connectivity index (χ0n) is 9.18. The molecule has 2 aromatic rings. The van der Waals surface area contributed by atoms with Crippen molar-refractivity contribution in [2.45, 2.75) is 6.54 Å². The van der Waals surface area contributed by atoms with Crippen molar-refractivity contribution in [3.63, 3.8) is 0 Å². The lowest BCUT2D eigenvalue weighted by atomic mass is 10.2. The molecule has 0 amide bonds. The Balaban J connectivity index is 2.16. The van der Waals surface area contributed by atoms with Crippen LogP contribution in [0, 0.1) is 11.6 Å². The third-order valence-electron chi connectivity index (χ3n) is 2.43. The Labute approximate surface area is 117 Å². The highest BCUT2D eigenvalue weighted by atomic mass is 79.9. The molecule has 0 fully saturated rings. The Morgan fingerprint density at radius 2 is 1.94 bits per heavy atom. The van der Waals surface area contributed by atoms with Gasteiger partial charge < -0.3 is 5.32 Å². The molecule has 5 heteroatoms. The largest absolute Gasteiger partial charge is 0.378 e. The Bertz CT molecular complexity index is 573. The number of halogens is 4. The third-order valence-corrected chi connectivity index (χ3v) is 3.29. The summed E-state index contributed by atoms with van der Waals surface area (Å²) in [5.74, 6) is -1.76. The summed E-state index contributed by atoms with van der Waals surface area (Å²) in [4.78, 5) is 0. The molecular formula is C13H9BrClF2N. The minimum Gasteiger partial charge on any atom is -0.378 e. The lowest BCUT2D eigenvalue weighted by Crippen LogP contribution is -2.03. The first-order valence-electron chi connectivity index (χ1n) is 5.20. The van der Waals surface area contributed by atoms with Crippen molar-refractivity contribution < 1.29 is 8.78 Å². The number of anilines is 1. The molecule has 2 rings (SSSR count). The summed E-state index contributed by atoms with van der Waals surface area (Å²) < 4.78 is 27.3. The molecule has 18 heavy (non-hydrogen) atoms. The summed E-state index contributed by atoms with van der Waals surface area (Å²) in [7, 11) is 0. The van der Waals surface area contributed by atoms with Gasteiger partial charge in [-0.3, -0.25) is 0 Å². The monoisotopic (exact) mass is 331 g/mol. The lowest BCUT2D eigenvalue weighted by molar-refractivity contribution is 0.511. The Morgan fingerprint density at radius 3 is 2.72 bits per heavy atom. The van der Waals surface area contributed by atoms with E-state index in [4.69, 9.17) is 11.6 Å². The van der Waals surface area contributed by atoms with Crippen LogP contribution < -0.4 is 5.32 Å². The number of nitrogens with one attached hydrogen (secondary N) is 1. The zero-order chi connectivity index (χ0) is 13.1. The van der Waals surface area contributed by atoms with Gasteiger partial charge in [0.1, 0.15) is 0 Å². The molecule has 1 N–H and O–H groups in total. The molecule has 0 atom stereocenters. The van der Waals surface area contributed by atoms with Gasteiger partial charge in [0, 0.05) is 16.0 Å². The minimum absolute atomic E-state index is 0.117. The maximum Gasteiger partial charge on any atom is 0.181 e. The van der Waals surface area contributed by atoms with Gasteiger partial charge in [0.15, 0.2) is 11.6 Å². The van der Waals surface area contributed by atoms with Gasteiger partial charge in [-0.2, -0.15) is 0 Å². The predicted octanol–water partition coefficient (Wildman–Crippen LogP) is 4.99. The third kappa shape index (κ3) is 3.00. The van der Waals surface area contributed by atoms with Crippen molar-refractivity contribution in [2.75, 3.05) is 5.32 Å². The SMILES string of the molecule is Fc1cccc(NCc2cc(Br)ccc2Cl)c1F. The van der Waals surface area contributed by atoms with Crippen LogP contribution in [-0.2, 0) is 6.54 Å². The van der Waals surface area contributed by atoms with E-state index in [0.717, 1.165) is 16.1 Å². The van der Waals surface area contributed by atoms with Gasteiger partial charge in [0.25, 0.3) is 0 Å². The number of benzene rings is 2. The van der Waals surface area contributed by atoms with E-state index in [1.807, 2.05) is 12.1 Å². The summed E-state index contributed by atoms with van der Waals surface area (Å²) in [6.07, 6.45) is 0. The standard InChI is InChI=1S/C13H9BrClF2N/c14-9-4-5-10(15)8(6-9)7-18-12-3-1-2-11(16)13(12)17/h1-6,18H,7H2. The molecule has 0 aliphatic rings. The Kier molecular flexibility index (Phi) is 4.19. The van der Waals surface area contributed by atoms with E-state index >= 15 is 0 Å². The van der Waals surface area contributed by atoms with E-state index < -0.39 is 11.6 Å². The maximum absolute atomic E-state index is 13.4. The fourth-order valence-corrected chi connectivity index (χ4v) is 2.10. The van der Waals surface area contributed by atoms with Crippen LogP contribution in [0.2, 0.25) is 5.02 Å². The molecule has 0 radical (unpaired) electrons. The van der Waals surface area contributed by atoms with Crippen LogP contribution in [0.25, 0.3) is 0 Å². The first-order valence-corrected chi connectivity index (χ1v) is 6.37. The second-order valence-electron chi connectivity index (χ2n) is 3.69. The van der Waals surface area contributed by atoms with Gasteiger partial charge in [0.2, 0.25) is 0 Å². The van der Waals surface area contributed by atoms with Crippen LogP contribution in [0.1, 0.15) is 5.56 Å². The summed E-state index contributed by atoms with van der Waals surface area (Å²) >= 11 is 9.33. The second-order valence-corrected chi connectivity index (χ2v) is 5.01. The molecule has 0 bridgehead atoms. The molecule has 94 valence electrons. The topological polar surface area (TPSA) is 12.0 Å². The summed E-state index contributed by atoms with van der Waals surface area (Å²) in [6, 6.07) is 9.38. The number of hydrogen-bond donors (Lipinski definition) is 1. The summed E-state index contributed by atoms with van der Waals surface area (Å²) in [5.41, 5.74) is 0.917. The molecule has 0 saturated heterocycles. The Morgan fingerprint density at radius 1 is 1.17 bits per heavy atom. The first kappa shape index (κ1) is 13.3. The molecule has 0 unspecified atom stereocenters. The van der Waals surface area contributed by atoms with Crippen molar-refractivity contribution in [3.05, 3.63) is 63.1 Å². The second kappa shape index (κ2) is 5.67. The number of rotatable bonds is 3. The normalized spacial score (nSPS) is 10.4. The van der Waals surface area contributed by atoms with Gasteiger partial charge in [-0.25, -0.2) is 8.78 Å². The molecule has 0 aliphatic heterocycles. The van der Waals surface area contributed by atoms with Crippen LogP contribution in [0.4, 0.5) is 14.5 Å². The average molecular weight is 333 g/mol. The first-order chi connectivity index (χ1) is 8.58. The molecule has 0 spiro atoms. The van der Waals surface area contributed by atoms with Crippen LogP contribution in [0.3, 0.4) is 0 Å². The van der Waals surface area contributed by atoms with Crippen LogP contribution in [0.5, 0.6) is 0 Å². The minimum atomic E-state index is -0.886. The van der Waals surface area contributed by atoms with E-state index in [9.17, 15) is 8.78 Å². The van der Waals surface area contributed by atoms with Gasteiger partial charge in [-0.1, -0.05) is 33.6 Å². The van der Waals surface area contributed by atoms with Crippen molar-refractivity contribution in [1.29, 1.82) is 0 Å². The highest BCUT2D eigenvalue weighted by molar-refractivity contribution is 9.10. The van der Waals surface area contributed by atoms with E-state index in [0.29, 0.717) is 11.6 Å². The number of hydrogen-bond acceptors (Lipinski definition) is 1. The Hall–Kier alpha value is -1.13. The van der Waals surface area contributed by atoms with Crippen LogP contribution >= 0.6 is 27.5 Å². The molecule has 0 aliphatic carbocycles. The molecule has 1 nitrogen and oxygen atoms in total. The van der Waals surface area contributed by atoms with Gasteiger partial charge >= 0.3 is 0 Å². The van der Waals surface area contributed by atoms with E-state index in [1.165, 1.54) is 12.1 Å². The molecule has 0 saturated carbocycles. The van der Waals surface area contributed by atoms with Crippen molar-refractivity contribution >= 4 is 33.2 Å².